The molecular weight excluding hydrogens is 636 g/mol. The molecule has 1 atom stereocenters. The molecule has 7 nitrogen and oxygen atoms in total. The van der Waals surface area contributed by atoms with Crippen LogP contribution in [0.15, 0.2) is 108 Å². The summed E-state index contributed by atoms with van der Waals surface area (Å²) in [5.74, 6) is -1.93. The van der Waals surface area contributed by atoms with Gasteiger partial charge in [0.2, 0.25) is 11.8 Å². The maximum atomic E-state index is 15.2. The number of sulfonamides is 1. The van der Waals surface area contributed by atoms with Crippen LogP contribution in [0.5, 0.6) is 0 Å². The highest BCUT2D eigenvalue weighted by Gasteiger charge is 2.35. The Bertz CT molecular complexity index is 1710. The number of nitrogens with zero attached hydrogens (tertiary/aromatic N) is 2. The summed E-state index contributed by atoms with van der Waals surface area (Å²) < 4.78 is 43.8. The minimum Gasteiger partial charge on any atom is -0.354 e. The summed E-state index contributed by atoms with van der Waals surface area (Å²) in [4.78, 5) is 29.4. The van der Waals surface area contributed by atoms with Crippen LogP contribution in [0.3, 0.4) is 0 Å². The largest absolute Gasteiger partial charge is 0.354 e. The molecule has 0 spiro atoms. The summed E-state index contributed by atoms with van der Waals surface area (Å²) in [6, 6.07) is 25.9. The Labute approximate surface area is 273 Å². The molecule has 0 aliphatic carbocycles. The molecule has 0 saturated carbocycles. The predicted octanol–water partition coefficient (Wildman–Crippen LogP) is 6.88. The molecule has 236 valence electrons. The molecule has 11 heteroatoms. The van der Waals surface area contributed by atoms with Gasteiger partial charge in [0.15, 0.2) is 0 Å². The Morgan fingerprint density at radius 2 is 1.49 bits per heavy atom. The van der Waals surface area contributed by atoms with Crippen molar-refractivity contribution >= 4 is 50.7 Å². The van der Waals surface area contributed by atoms with Gasteiger partial charge in [-0.15, -0.1) is 0 Å². The summed E-state index contributed by atoms with van der Waals surface area (Å²) in [6.45, 7) is 1.54. The van der Waals surface area contributed by atoms with Gasteiger partial charge in [-0.05, 0) is 53.9 Å². The number of rotatable bonds is 14. The van der Waals surface area contributed by atoms with Crippen molar-refractivity contribution in [2.45, 2.75) is 43.7 Å². The van der Waals surface area contributed by atoms with Crippen molar-refractivity contribution in [1.29, 1.82) is 0 Å². The molecule has 0 fully saturated rings. The van der Waals surface area contributed by atoms with E-state index in [-0.39, 0.29) is 28.6 Å². The average molecular weight is 671 g/mol. The molecule has 1 N–H and O–H groups in total. The van der Waals surface area contributed by atoms with Crippen LogP contribution >= 0.6 is 23.2 Å². The van der Waals surface area contributed by atoms with E-state index in [2.05, 4.69) is 5.32 Å². The van der Waals surface area contributed by atoms with Crippen LogP contribution in [0.2, 0.25) is 10.0 Å². The fraction of sp³-hybridized carbons (Fsp3) is 0.235. The summed E-state index contributed by atoms with van der Waals surface area (Å²) in [7, 11) is -4.41. The summed E-state index contributed by atoms with van der Waals surface area (Å²) in [5.41, 5.74) is 1.07. The SMILES string of the molecule is CCCCNC(=O)[C@@H](Cc1ccccc1)N(Cc1ccc(Cl)c(Cl)c1)C(=O)CN(c1ccccc1F)S(=O)(=O)c1ccccc1. The second-order valence-electron chi connectivity index (χ2n) is 10.4. The van der Waals surface area contributed by atoms with Gasteiger partial charge in [0.1, 0.15) is 18.4 Å². The number of halogens is 3. The second-order valence-corrected chi connectivity index (χ2v) is 13.1. The third-order valence-corrected chi connectivity index (χ3v) is 9.68. The van der Waals surface area contributed by atoms with Crippen molar-refractivity contribution in [1.82, 2.24) is 10.2 Å². The standard InChI is InChI=1S/C34H34Cl2FN3O4S/c1-2-3-20-38-34(42)32(22-25-12-6-4-7-13-25)39(23-26-18-19-28(35)29(36)21-26)33(41)24-40(31-17-11-10-16-30(31)37)45(43,44)27-14-8-5-9-15-27/h4-19,21,32H,2-3,20,22-24H2,1H3,(H,38,42)/t32-/m1/s1. The van der Waals surface area contributed by atoms with E-state index in [1.165, 1.54) is 35.2 Å². The van der Waals surface area contributed by atoms with E-state index in [1.54, 1.807) is 36.4 Å². The number of carbonyl (C=O) groups is 2. The topological polar surface area (TPSA) is 86.8 Å². The summed E-state index contributed by atoms with van der Waals surface area (Å²) in [5, 5.41) is 3.50. The van der Waals surface area contributed by atoms with Crippen LogP contribution in [0.25, 0.3) is 0 Å². The lowest BCUT2D eigenvalue weighted by Crippen LogP contribution is -2.53. The van der Waals surface area contributed by atoms with Gasteiger partial charge in [0.05, 0.1) is 20.6 Å². The van der Waals surface area contributed by atoms with Crippen molar-refractivity contribution in [2.75, 3.05) is 17.4 Å². The number of anilines is 1. The average Bonchev–Trinajstić information content (AvgIpc) is 3.04. The van der Waals surface area contributed by atoms with Gasteiger partial charge >= 0.3 is 0 Å². The van der Waals surface area contributed by atoms with Crippen molar-refractivity contribution in [3.63, 3.8) is 0 Å². The molecule has 4 aromatic carbocycles. The Hall–Kier alpha value is -3.92. The highest BCUT2D eigenvalue weighted by atomic mass is 35.5. The first-order valence-corrected chi connectivity index (χ1v) is 16.7. The zero-order valence-corrected chi connectivity index (χ0v) is 27.0. The number of amides is 2. The van der Waals surface area contributed by atoms with E-state index >= 15 is 4.39 Å². The first kappa shape index (κ1) is 34.0. The fourth-order valence-electron chi connectivity index (χ4n) is 4.78. The van der Waals surface area contributed by atoms with Crippen LogP contribution in [0, 0.1) is 5.82 Å². The van der Waals surface area contributed by atoms with Gasteiger partial charge in [-0.1, -0.05) is 103 Å². The second kappa shape index (κ2) is 15.9. The lowest BCUT2D eigenvalue weighted by molar-refractivity contribution is -0.140. The highest BCUT2D eigenvalue weighted by Crippen LogP contribution is 2.28. The van der Waals surface area contributed by atoms with E-state index in [9.17, 15) is 18.0 Å². The van der Waals surface area contributed by atoms with Crippen molar-refractivity contribution < 1.29 is 22.4 Å². The Kier molecular flexibility index (Phi) is 12.0. The van der Waals surface area contributed by atoms with E-state index < -0.39 is 40.2 Å². The maximum absolute atomic E-state index is 15.2. The monoisotopic (exact) mass is 669 g/mol. The van der Waals surface area contributed by atoms with Crippen LogP contribution in [-0.2, 0) is 32.6 Å². The molecule has 0 aliphatic rings. The van der Waals surface area contributed by atoms with Gasteiger partial charge in [-0.3, -0.25) is 13.9 Å². The molecule has 0 bridgehead atoms. The molecule has 0 aliphatic heterocycles. The smallest absolute Gasteiger partial charge is 0.264 e. The molecule has 2 amide bonds. The molecule has 0 radical (unpaired) electrons. The quantitative estimate of drug-likeness (QED) is 0.148. The Balaban J connectivity index is 1.80. The van der Waals surface area contributed by atoms with E-state index in [0.29, 0.717) is 17.1 Å². The zero-order chi connectivity index (χ0) is 32.4. The summed E-state index contributed by atoms with van der Waals surface area (Å²) >= 11 is 12.4. The number of para-hydroxylation sites is 1. The molecule has 0 unspecified atom stereocenters. The molecule has 0 aromatic heterocycles. The third kappa shape index (κ3) is 8.84. The van der Waals surface area contributed by atoms with Gasteiger partial charge in [-0.25, -0.2) is 12.8 Å². The minimum absolute atomic E-state index is 0.0923. The number of nitrogens with one attached hydrogen (secondary N) is 1. The molecule has 4 rings (SSSR count). The summed E-state index contributed by atoms with van der Waals surface area (Å²) in [6.07, 6.45) is 1.74. The van der Waals surface area contributed by atoms with Crippen LogP contribution in [-0.4, -0.2) is 44.3 Å². The Morgan fingerprint density at radius 1 is 0.844 bits per heavy atom. The molecule has 0 saturated heterocycles. The molecule has 45 heavy (non-hydrogen) atoms. The van der Waals surface area contributed by atoms with Crippen LogP contribution in [0.4, 0.5) is 10.1 Å². The lowest BCUT2D eigenvalue weighted by Gasteiger charge is -2.34. The molecule has 4 aromatic rings. The Morgan fingerprint density at radius 3 is 2.13 bits per heavy atom. The van der Waals surface area contributed by atoms with Crippen LogP contribution < -0.4 is 9.62 Å². The van der Waals surface area contributed by atoms with E-state index in [0.717, 1.165) is 28.8 Å². The van der Waals surface area contributed by atoms with Gasteiger partial charge in [0, 0.05) is 19.5 Å². The van der Waals surface area contributed by atoms with Crippen molar-refractivity contribution in [3.05, 3.63) is 130 Å². The zero-order valence-electron chi connectivity index (χ0n) is 24.7. The van der Waals surface area contributed by atoms with Crippen molar-refractivity contribution in [3.8, 4) is 0 Å². The minimum atomic E-state index is -4.41. The number of unbranched alkanes of at least 4 members (excludes halogenated alkanes) is 1. The number of hydrogen-bond donors (Lipinski definition) is 1. The highest BCUT2D eigenvalue weighted by molar-refractivity contribution is 7.92. The number of carbonyl (C=O) groups excluding carboxylic acids is 2. The molecule has 0 heterocycles. The maximum Gasteiger partial charge on any atom is 0.264 e. The normalized spacial score (nSPS) is 11.9. The predicted molar refractivity (Wildman–Crippen MR) is 176 cm³/mol. The van der Waals surface area contributed by atoms with Crippen molar-refractivity contribution in [2.24, 2.45) is 0 Å². The van der Waals surface area contributed by atoms with Crippen LogP contribution in [0.1, 0.15) is 30.9 Å². The first-order chi connectivity index (χ1) is 21.6. The van der Waals surface area contributed by atoms with Gasteiger partial charge in [-0.2, -0.15) is 0 Å². The number of benzene rings is 4. The van der Waals surface area contributed by atoms with E-state index in [1.807, 2.05) is 37.3 Å². The van der Waals surface area contributed by atoms with Gasteiger partial charge in [0.25, 0.3) is 10.0 Å². The number of hydrogen-bond acceptors (Lipinski definition) is 4. The third-order valence-electron chi connectivity index (χ3n) is 7.17. The molecular formula is C34H34Cl2FN3O4S. The first-order valence-electron chi connectivity index (χ1n) is 14.5. The lowest BCUT2D eigenvalue weighted by atomic mass is 10.0. The van der Waals surface area contributed by atoms with E-state index in [4.69, 9.17) is 23.2 Å². The fourth-order valence-corrected chi connectivity index (χ4v) is 6.55. The van der Waals surface area contributed by atoms with Gasteiger partial charge < -0.3 is 10.2 Å².